The third kappa shape index (κ3) is 0.949. The van der Waals surface area contributed by atoms with Gasteiger partial charge in [-0.25, -0.2) is 4.79 Å². The Morgan fingerprint density at radius 3 is 2.25 bits per heavy atom. The first-order valence-electron chi connectivity index (χ1n) is 4.31. The monoisotopic (exact) mass is 171 g/mol. The molecule has 12 heavy (non-hydrogen) atoms. The number of aliphatic hydroxyl groups is 1. The van der Waals surface area contributed by atoms with E-state index in [2.05, 4.69) is 0 Å². The number of hydrogen-bond acceptors (Lipinski definition) is 3. The Hall–Kier alpha value is -0.610. The molecule has 0 saturated carbocycles. The highest BCUT2D eigenvalue weighted by Crippen LogP contribution is 2.35. The lowest BCUT2D eigenvalue weighted by atomic mass is 9.75. The number of fused-ring (bicyclic) bond motifs is 3. The van der Waals surface area contributed by atoms with Crippen LogP contribution >= 0.6 is 0 Å². The second kappa shape index (κ2) is 2.44. The highest BCUT2D eigenvalue weighted by atomic mass is 16.4. The molecule has 3 rings (SSSR count). The van der Waals surface area contributed by atoms with Gasteiger partial charge in [0, 0.05) is 12.5 Å². The van der Waals surface area contributed by atoms with Gasteiger partial charge in [0.05, 0.1) is 0 Å². The van der Waals surface area contributed by atoms with Crippen molar-refractivity contribution in [2.75, 3.05) is 19.6 Å². The Bertz CT molecular complexity index is 210. The van der Waals surface area contributed by atoms with E-state index in [4.69, 9.17) is 5.11 Å². The molecule has 0 aromatic heterocycles. The van der Waals surface area contributed by atoms with Gasteiger partial charge in [0.2, 0.25) is 0 Å². The van der Waals surface area contributed by atoms with Crippen LogP contribution in [0.2, 0.25) is 0 Å². The zero-order valence-electron chi connectivity index (χ0n) is 6.86. The second-order valence-electron chi connectivity index (χ2n) is 3.78. The van der Waals surface area contributed by atoms with Crippen molar-refractivity contribution in [3.63, 3.8) is 0 Å². The summed E-state index contributed by atoms with van der Waals surface area (Å²) in [5.41, 5.74) is -1.46. The van der Waals surface area contributed by atoms with E-state index in [1.807, 2.05) is 4.90 Å². The third-order valence-corrected chi connectivity index (χ3v) is 3.10. The average Bonchev–Trinajstić information content (AvgIpc) is 2.05. The van der Waals surface area contributed by atoms with Crippen LogP contribution in [0.5, 0.6) is 0 Å². The first-order chi connectivity index (χ1) is 5.63. The van der Waals surface area contributed by atoms with E-state index >= 15 is 0 Å². The lowest BCUT2D eigenvalue weighted by Gasteiger charge is -2.47. The van der Waals surface area contributed by atoms with Gasteiger partial charge in [-0.2, -0.15) is 0 Å². The molecule has 0 aliphatic carbocycles. The van der Waals surface area contributed by atoms with Crippen molar-refractivity contribution in [3.05, 3.63) is 0 Å². The molecular weight excluding hydrogens is 158 g/mol. The number of nitrogens with zero attached hydrogens (tertiary/aromatic N) is 1. The van der Waals surface area contributed by atoms with Crippen LogP contribution in [0.3, 0.4) is 0 Å². The lowest BCUT2D eigenvalue weighted by Crippen LogP contribution is -2.62. The van der Waals surface area contributed by atoms with Crippen molar-refractivity contribution in [1.29, 1.82) is 0 Å². The van der Waals surface area contributed by atoms with Gasteiger partial charge in [-0.3, -0.25) is 4.90 Å². The Morgan fingerprint density at radius 2 is 2.00 bits per heavy atom. The van der Waals surface area contributed by atoms with E-state index in [1.54, 1.807) is 0 Å². The molecule has 0 amide bonds. The molecule has 3 aliphatic rings. The molecule has 4 heteroatoms. The smallest absolute Gasteiger partial charge is 0.337 e. The van der Waals surface area contributed by atoms with Gasteiger partial charge in [-0.15, -0.1) is 0 Å². The molecule has 1 unspecified atom stereocenters. The summed E-state index contributed by atoms with van der Waals surface area (Å²) in [5.74, 6) is -1.09. The maximum Gasteiger partial charge on any atom is 0.337 e. The molecule has 0 aromatic rings. The van der Waals surface area contributed by atoms with E-state index in [1.165, 1.54) is 0 Å². The molecule has 2 bridgehead atoms. The van der Waals surface area contributed by atoms with Crippen molar-refractivity contribution < 1.29 is 15.0 Å². The molecule has 0 spiro atoms. The number of rotatable bonds is 1. The molecule has 3 saturated heterocycles. The Balaban J connectivity index is 2.22. The number of carboxylic acids is 1. The van der Waals surface area contributed by atoms with Gasteiger partial charge in [0.25, 0.3) is 0 Å². The Kier molecular flexibility index (Phi) is 1.63. The largest absolute Gasteiger partial charge is 0.479 e. The van der Waals surface area contributed by atoms with Gasteiger partial charge in [0.1, 0.15) is 0 Å². The number of piperidine rings is 3. The van der Waals surface area contributed by atoms with Gasteiger partial charge < -0.3 is 10.2 Å². The lowest BCUT2D eigenvalue weighted by molar-refractivity contribution is -0.180. The van der Waals surface area contributed by atoms with Gasteiger partial charge in [-0.05, 0) is 25.9 Å². The highest BCUT2D eigenvalue weighted by molar-refractivity contribution is 5.78. The van der Waals surface area contributed by atoms with Gasteiger partial charge in [-0.1, -0.05) is 0 Å². The minimum absolute atomic E-state index is 0.0278. The standard InChI is InChI=1S/C8H13NO3/c10-7(11)8(12)5-9-3-1-6(8)2-4-9/h6,12H,1-5H2,(H,10,11). The fraction of sp³-hybridized carbons (Fsp3) is 0.875. The van der Waals surface area contributed by atoms with E-state index in [0.717, 1.165) is 25.9 Å². The SMILES string of the molecule is O=C(O)C1(O)CN2CCC1CC2. The summed E-state index contributed by atoms with van der Waals surface area (Å²) in [7, 11) is 0. The maximum atomic E-state index is 10.8. The van der Waals surface area contributed by atoms with Crippen molar-refractivity contribution in [3.8, 4) is 0 Å². The van der Waals surface area contributed by atoms with Crippen LogP contribution in [0.15, 0.2) is 0 Å². The Morgan fingerprint density at radius 1 is 1.42 bits per heavy atom. The number of aliphatic carboxylic acids is 1. The molecule has 68 valence electrons. The van der Waals surface area contributed by atoms with Crippen molar-refractivity contribution >= 4 is 5.97 Å². The normalized spacial score (nSPS) is 46.1. The first kappa shape index (κ1) is 8.01. The topological polar surface area (TPSA) is 60.8 Å². The summed E-state index contributed by atoms with van der Waals surface area (Å²) < 4.78 is 0. The first-order valence-corrected chi connectivity index (χ1v) is 4.31. The molecule has 3 fully saturated rings. The van der Waals surface area contributed by atoms with E-state index in [-0.39, 0.29) is 5.92 Å². The molecular formula is C8H13NO3. The number of hydrogen-bond donors (Lipinski definition) is 2. The summed E-state index contributed by atoms with van der Waals surface area (Å²) >= 11 is 0. The predicted octanol–water partition coefficient (Wildman–Crippen LogP) is -0.472. The molecule has 3 aliphatic heterocycles. The predicted molar refractivity (Wildman–Crippen MR) is 41.7 cm³/mol. The van der Waals surface area contributed by atoms with Crippen LogP contribution in [0.25, 0.3) is 0 Å². The molecule has 2 N–H and O–H groups in total. The molecule has 3 heterocycles. The van der Waals surface area contributed by atoms with Crippen LogP contribution < -0.4 is 0 Å². The van der Waals surface area contributed by atoms with Crippen molar-refractivity contribution in [2.45, 2.75) is 18.4 Å². The quantitative estimate of drug-likeness (QED) is 0.560. The minimum Gasteiger partial charge on any atom is -0.479 e. The summed E-state index contributed by atoms with van der Waals surface area (Å²) in [4.78, 5) is 12.8. The molecule has 0 radical (unpaired) electrons. The average molecular weight is 171 g/mol. The van der Waals surface area contributed by atoms with Crippen LogP contribution in [0.4, 0.5) is 0 Å². The van der Waals surface area contributed by atoms with E-state index in [0.29, 0.717) is 6.54 Å². The van der Waals surface area contributed by atoms with Crippen molar-refractivity contribution in [2.24, 2.45) is 5.92 Å². The summed E-state index contributed by atoms with van der Waals surface area (Å²) in [6.45, 7) is 2.20. The molecule has 4 nitrogen and oxygen atoms in total. The van der Waals surface area contributed by atoms with Gasteiger partial charge in [0.15, 0.2) is 5.60 Å². The molecule has 0 aromatic carbocycles. The van der Waals surface area contributed by atoms with E-state index in [9.17, 15) is 9.90 Å². The minimum atomic E-state index is -1.46. The fourth-order valence-electron chi connectivity index (χ4n) is 2.28. The van der Waals surface area contributed by atoms with Crippen molar-refractivity contribution in [1.82, 2.24) is 4.90 Å². The third-order valence-electron chi connectivity index (χ3n) is 3.10. The zero-order chi connectivity index (χ0) is 8.77. The second-order valence-corrected chi connectivity index (χ2v) is 3.78. The summed E-state index contributed by atoms with van der Waals surface area (Å²) in [5, 5.41) is 18.6. The maximum absolute atomic E-state index is 10.8. The van der Waals surface area contributed by atoms with Crippen LogP contribution in [0.1, 0.15) is 12.8 Å². The summed E-state index contributed by atoms with van der Waals surface area (Å²) in [6.07, 6.45) is 1.64. The number of carbonyl (C=O) groups is 1. The highest BCUT2D eigenvalue weighted by Gasteiger charge is 2.50. The van der Waals surface area contributed by atoms with Crippen LogP contribution in [0, 0.1) is 5.92 Å². The van der Waals surface area contributed by atoms with Gasteiger partial charge >= 0.3 is 5.97 Å². The Labute approximate surface area is 70.8 Å². The number of carboxylic acid groups (broad SMARTS) is 1. The summed E-state index contributed by atoms with van der Waals surface area (Å²) in [6, 6.07) is 0. The zero-order valence-corrected chi connectivity index (χ0v) is 6.86. The van der Waals surface area contributed by atoms with Crippen LogP contribution in [-0.2, 0) is 4.79 Å². The van der Waals surface area contributed by atoms with E-state index < -0.39 is 11.6 Å². The fourth-order valence-corrected chi connectivity index (χ4v) is 2.28. The molecule has 1 atom stereocenters. The van der Waals surface area contributed by atoms with Crippen LogP contribution in [-0.4, -0.2) is 46.3 Å².